The van der Waals surface area contributed by atoms with Crippen molar-refractivity contribution < 1.29 is 34.4 Å². The zero-order valence-corrected chi connectivity index (χ0v) is 30.9. The smallest absolute Gasteiger partial charge is 0.220 e. The molecule has 5 N–H and O–H groups in total. The van der Waals surface area contributed by atoms with E-state index < -0.39 is 12.4 Å². The Bertz CT molecular complexity index is 1760. The average molecular weight is 724 g/mol. The van der Waals surface area contributed by atoms with Gasteiger partial charge in [-0.3, -0.25) is 9.59 Å². The van der Waals surface area contributed by atoms with E-state index in [1.54, 1.807) is 24.3 Å². The van der Waals surface area contributed by atoms with Gasteiger partial charge in [-0.2, -0.15) is 0 Å². The van der Waals surface area contributed by atoms with E-state index in [1.165, 1.54) is 6.92 Å². The van der Waals surface area contributed by atoms with Crippen molar-refractivity contribution in [1.29, 1.82) is 0 Å². The number of rotatable bonds is 17. The highest BCUT2D eigenvalue weighted by molar-refractivity contribution is 5.76. The number of phenolic OH excluding ortho intramolecular Hbond substituents is 1. The Morgan fingerprint density at radius 2 is 1.60 bits per heavy atom. The van der Waals surface area contributed by atoms with E-state index in [0.29, 0.717) is 38.2 Å². The van der Waals surface area contributed by atoms with E-state index in [0.717, 1.165) is 52.6 Å². The largest absolute Gasteiger partial charge is 0.508 e. The summed E-state index contributed by atoms with van der Waals surface area (Å²) in [7, 11) is 1.95. The Balaban J connectivity index is 1.26. The average Bonchev–Trinajstić information content (AvgIpc) is 3.16. The van der Waals surface area contributed by atoms with Crippen molar-refractivity contribution in [1.82, 2.24) is 15.5 Å². The Labute approximate surface area is 312 Å². The Morgan fingerprint density at radius 3 is 2.32 bits per heavy atom. The van der Waals surface area contributed by atoms with Crippen molar-refractivity contribution in [3.63, 3.8) is 0 Å². The lowest BCUT2D eigenvalue weighted by molar-refractivity contribution is -0.276. The van der Waals surface area contributed by atoms with Gasteiger partial charge >= 0.3 is 0 Å². The van der Waals surface area contributed by atoms with Crippen LogP contribution in [0.1, 0.15) is 85.8 Å². The first kappa shape index (κ1) is 39.6. The monoisotopic (exact) mass is 723 g/mol. The summed E-state index contributed by atoms with van der Waals surface area (Å²) in [6.07, 6.45) is 0.992. The number of carbonyl (C=O) groups is 2. The number of aliphatic hydroxyl groups excluding tert-OH is 2. The number of likely N-dealkylation sites (N-methyl/N-ethyl adjacent to an activating group) is 1. The Kier molecular flexibility index (Phi) is 14.6. The summed E-state index contributed by atoms with van der Waals surface area (Å²) in [4.78, 5) is 25.6. The molecule has 5 rings (SSSR count). The van der Waals surface area contributed by atoms with E-state index in [1.807, 2.05) is 78.7 Å². The van der Waals surface area contributed by atoms with Crippen LogP contribution in [0.15, 0.2) is 97.1 Å². The minimum absolute atomic E-state index is 0.00475. The number of hydrogen-bond donors (Lipinski definition) is 5. The fraction of sp³-hybridized carbons (Fsp3) is 0.395. The van der Waals surface area contributed by atoms with Crippen LogP contribution in [0.3, 0.4) is 0 Å². The first-order chi connectivity index (χ1) is 25.6. The maximum atomic E-state index is 12.6. The zero-order chi connectivity index (χ0) is 37.7. The van der Waals surface area contributed by atoms with Gasteiger partial charge in [-0.25, -0.2) is 0 Å². The van der Waals surface area contributed by atoms with Gasteiger partial charge in [-0.15, -0.1) is 0 Å². The van der Waals surface area contributed by atoms with Crippen LogP contribution in [0.25, 0.3) is 11.1 Å². The third-order valence-electron chi connectivity index (χ3n) is 9.80. The number of nitrogens with one attached hydrogen (secondary N) is 2. The maximum absolute atomic E-state index is 12.6. The molecule has 0 bridgehead atoms. The number of unbranched alkanes of at least 4 members (excludes halogenated alkanes) is 2. The second-order valence-electron chi connectivity index (χ2n) is 14.0. The zero-order valence-electron chi connectivity index (χ0n) is 30.9. The second-order valence-corrected chi connectivity index (χ2v) is 14.0. The molecule has 0 radical (unpaired) electrons. The highest BCUT2D eigenvalue weighted by Crippen LogP contribution is 2.42. The van der Waals surface area contributed by atoms with Gasteiger partial charge in [0.05, 0.1) is 24.9 Å². The number of amides is 2. The molecular formula is C43H53N3O7. The van der Waals surface area contributed by atoms with E-state index in [2.05, 4.69) is 23.6 Å². The van der Waals surface area contributed by atoms with Crippen LogP contribution in [0.5, 0.6) is 5.75 Å². The van der Waals surface area contributed by atoms with E-state index in [-0.39, 0.29) is 42.3 Å². The van der Waals surface area contributed by atoms with E-state index in [9.17, 15) is 24.9 Å². The van der Waals surface area contributed by atoms with Crippen LogP contribution >= 0.6 is 0 Å². The summed E-state index contributed by atoms with van der Waals surface area (Å²) in [6, 6.07) is 30.7. The van der Waals surface area contributed by atoms with Crippen molar-refractivity contribution >= 4 is 11.8 Å². The predicted octanol–water partition coefficient (Wildman–Crippen LogP) is 6.32. The molecule has 10 heteroatoms. The van der Waals surface area contributed by atoms with E-state index in [4.69, 9.17) is 9.47 Å². The maximum Gasteiger partial charge on any atom is 0.220 e. The van der Waals surface area contributed by atoms with Crippen LogP contribution in [-0.4, -0.2) is 64.8 Å². The summed E-state index contributed by atoms with van der Waals surface area (Å²) in [5.74, 6) is 0.0516. The summed E-state index contributed by atoms with van der Waals surface area (Å²) >= 11 is 0. The minimum atomic E-state index is -0.782. The predicted molar refractivity (Wildman–Crippen MR) is 204 cm³/mol. The van der Waals surface area contributed by atoms with Crippen molar-refractivity contribution in [3.8, 4) is 16.9 Å². The summed E-state index contributed by atoms with van der Waals surface area (Å²) in [5.41, 5.74) is 6.39. The number of aromatic hydroxyl groups is 1. The molecule has 4 aromatic carbocycles. The number of aliphatic hydroxyl groups is 2. The van der Waals surface area contributed by atoms with Crippen molar-refractivity contribution in [2.24, 2.45) is 5.92 Å². The molecule has 10 nitrogen and oxygen atoms in total. The van der Waals surface area contributed by atoms with Gasteiger partial charge in [0.15, 0.2) is 6.29 Å². The molecule has 1 fully saturated rings. The molecule has 1 aliphatic heterocycles. The molecule has 5 atom stereocenters. The fourth-order valence-electron chi connectivity index (χ4n) is 6.75. The molecule has 0 unspecified atom stereocenters. The quantitative estimate of drug-likeness (QED) is 0.0798. The standard InChI is InChI=1S/C43H53N3O7/c1-29-40(27-46(3)26-39(50)35-11-9-12-37(49)24-35)52-43(53-42(29)33-17-15-31(28-47)16-18-33)34-21-19-32(20-22-34)38-13-7-6-10-36(38)25-45-41(51)14-5-4-8-23-44-30(2)48/h6-7,9-13,15-22,24,29,39-40,42-43,47,49-50H,4-5,8,14,23,25-28H2,1-3H3,(H,44,48)(H,45,51)/t29-,39+,40+,42+,43+/m0/s1. The number of ether oxygens (including phenoxy) is 2. The third-order valence-corrected chi connectivity index (χ3v) is 9.80. The van der Waals surface area contributed by atoms with Gasteiger partial charge < -0.3 is 40.3 Å². The molecule has 2 amide bonds. The molecular weight excluding hydrogens is 670 g/mol. The summed E-state index contributed by atoms with van der Waals surface area (Å²) in [5, 5.41) is 36.3. The van der Waals surface area contributed by atoms with Crippen molar-refractivity contribution in [2.45, 2.75) is 77.3 Å². The van der Waals surface area contributed by atoms with Gasteiger partial charge in [-0.05, 0) is 65.4 Å². The summed E-state index contributed by atoms with van der Waals surface area (Å²) < 4.78 is 13.3. The number of hydrogen-bond acceptors (Lipinski definition) is 8. The molecule has 0 aromatic heterocycles. The first-order valence-electron chi connectivity index (χ1n) is 18.5. The normalized spacial score (nSPS) is 19.1. The minimum Gasteiger partial charge on any atom is -0.508 e. The molecule has 1 heterocycles. The van der Waals surface area contributed by atoms with Gasteiger partial charge in [-0.1, -0.05) is 98.3 Å². The molecule has 53 heavy (non-hydrogen) atoms. The highest BCUT2D eigenvalue weighted by atomic mass is 16.7. The van der Waals surface area contributed by atoms with Crippen LogP contribution in [-0.2, 0) is 32.2 Å². The second kappa shape index (κ2) is 19.5. The molecule has 1 saturated heterocycles. The van der Waals surface area contributed by atoms with Gasteiger partial charge in [0.1, 0.15) is 5.75 Å². The lowest BCUT2D eigenvalue weighted by Gasteiger charge is -2.42. The molecule has 0 aliphatic carbocycles. The number of carbonyl (C=O) groups excluding carboxylic acids is 2. The van der Waals surface area contributed by atoms with Gasteiger partial charge in [0.25, 0.3) is 0 Å². The molecule has 4 aromatic rings. The third kappa shape index (κ3) is 11.5. The highest BCUT2D eigenvalue weighted by Gasteiger charge is 2.39. The van der Waals surface area contributed by atoms with Crippen LogP contribution < -0.4 is 10.6 Å². The lowest BCUT2D eigenvalue weighted by Crippen LogP contribution is -2.44. The number of phenols is 1. The SMILES string of the molecule is CC(=O)NCCCCCC(=O)NCc1ccccc1-c1ccc([C@@H]2O[C@H](CN(C)C[C@@H](O)c3cccc(O)c3)[C@H](C)[C@H](c3ccc(CO)cc3)O2)cc1. The van der Waals surface area contributed by atoms with Gasteiger partial charge in [0, 0.05) is 51.0 Å². The topological polar surface area (TPSA) is 141 Å². The fourth-order valence-corrected chi connectivity index (χ4v) is 6.75. The molecule has 282 valence electrons. The Morgan fingerprint density at radius 1 is 0.868 bits per heavy atom. The molecule has 1 aliphatic rings. The summed E-state index contributed by atoms with van der Waals surface area (Å²) in [6.45, 7) is 5.52. The van der Waals surface area contributed by atoms with Crippen molar-refractivity contribution in [3.05, 3.63) is 125 Å². The van der Waals surface area contributed by atoms with Gasteiger partial charge in [0.2, 0.25) is 11.8 Å². The van der Waals surface area contributed by atoms with Crippen LogP contribution in [0.4, 0.5) is 0 Å². The van der Waals surface area contributed by atoms with E-state index >= 15 is 0 Å². The Hall–Kier alpha value is -4.58. The first-order valence-corrected chi connectivity index (χ1v) is 18.5. The molecule has 0 spiro atoms. The number of nitrogens with zero attached hydrogens (tertiary/aromatic N) is 1. The van der Waals surface area contributed by atoms with Crippen LogP contribution in [0.2, 0.25) is 0 Å². The molecule has 0 saturated carbocycles. The lowest BCUT2D eigenvalue weighted by atomic mass is 9.90. The van der Waals surface area contributed by atoms with Crippen LogP contribution in [0, 0.1) is 5.92 Å². The van der Waals surface area contributed by atoms with Crippen molar-refractivity contribution in [2.75, 3.05) is 26.7 Å². The number of benzene rings is 4.